The van der Waals surface area contributed by atoms with Gasteiger partial charge >= 0.3 is 5.97 Å². The van der Waals surface area contributed by atoms with Crippen LogP contribution < -0.4 is 0 Å². The van der Waals surface area contributed by atoms with E-state index in [4.69, 9.17) is 4.74 Å². The maximum atomic E-state index is 11.3. The molecule has 0 bridgehead atoms. The number of nitrogens with zero attached hydrogens (tertiary/aromatic N) is 1. The molecule has 0 unspecified atom stereocenters. The van der Waals surface area contributed by atoms with Gasteiger partial charge in [0.15, 0.2) is 0 Å². The zero-order chi connectivity index (χ0) is 13.4. The molecule has 0 fully saturated rings. The van der Waals surface area contributed by atoms with E-state index in [0.29, 0.717) is 6.42 Å². The van der Waals surface area contributed by atoms with Gasteiger partial charge in [0.05, 0.1) is 4.92 Å². The molecule has 18 heavy (non-hydrogen) atoms. The number of benzene rings is 1. The number of carbonyl (C=O) groups is 1. The number of rotatable bonds is 7. The Labute approximate surface area is 106 Å². The number of nitro groups is 1. The van der Waals surface area contributed by atoms with Crippen LogP contribution in [-0.2, 0) is 16.1 Å². The highest BCUT2D eigenvalue weighted by Gasteiger charge is 2.06. The molecule has 0 atom stereocenters. The van der Waals surface area contributed by atoms with Crippen molar-refractivity contribution in [3.8, 4) is 0 Å². The summed E-state index contributed by atoms with van der Waals surface area (Å²) < 4.78 is 5.05. The topological polar surface area (TPSA) is 69.4 Å². The highest BCUT2D eigenvalue weighted by molar-refractivity contribution is 5.69. The van der Waals surface area contributed by atoms with Crippen LogP contribution in [0.3, 0.4) is 0 Å². The maximum absolute atomic E-state index is 11.3. The standard InChI is InChI=1S/C13H16NO4/c1-2-3-4-5-13(15)18-10-11-6-8-12(9-7-11)14(16)17/h6-9H,1-5,10H2. The molecule has 0 heterocycles. The predicted molar refractivity (Wildman–Crippen MR) is 66.7 cm³/mol. The lowest BCUT2D eigenvalue weighted by atomic mass is 10.2. The summed E-state index contributed by atoms with van der Waals surface area (Å²) in [6.45, 7) is 3.85. The van der Waals surface area contributed by atoms with Crippen molar-refractivity contribution < 1.29 is 14.5 Å². The Morgan fingerprint density at radius 3 is 2.50 bits per heavy atom. The average molecular weight is 250 g/mol. The summed E-state index contributed by atoms with van der Waals surface area (Å²) in [6.07, 6.45) is 2.90. The van der Waals surface area contributed by atoms with Crippen molar-refractivity contribution >= 4 is 11.7 Å². The van der Waals surface area contributed by atoms with Crippen LogP contribution >= 0.6 is 0 Å². The van der Waals surface area contributed by atoms with Crippen molar-refractivity contribution in [3.05, 3.63) is 46.9 Å². The first-order chi connectivity index (χ1) is 8.63. The lowest BCUT2D eigenvalue weighted by molar-refractivity contribution is -0.384. The summed E-state index contributed by atoms with van der Waals surface area (Å²) >= 11 is 0. The fourth-order valence-corrected chi connectivity index (χ4v) is 1.40. The minimum absolute atomic E-state index is 0.0283. The molecule has 0 spiro atoms. The highest BCUT2D eigenvalue weighted by Crippen LogP contribution is 2.13. The summed E-state index contributed by atoms with van der Waals surface area (Å²) in [7, 11) is 0. The fraction of sp³-hybridized carbons (Fsp3) is 0.385. The van der Waals surface area contributed by atoms with Crippen LogP contribution in [0.5, 0.6) is 0 Å². The molecular weight excluding hydrogens is 234 g/mol. The lowest BCUT2D eigenvalue weighted by Crippen LogP contribution is -2.04. The van der Waals surface area contributed by atoms with Gasteiger partial charge in [-0.05, 0) is 24.1 Å². The Kier molecular flexibility index (Phi) is 5.84. The van der Waals surface area contributed by atoms with Crippen molar-refractivity contribution in [2.45, 2.75) is 32.3 Å². The van der Waals surface area contributed by atoms with Gasteiger partial charge in [-0.3, -0.25) is 14.9 Å². The van der Waals surface area contributed by atoms with E-state index in [1.54, 1.807) is 12.1 Å². The van der Waals surface area contributed by atoms with Crippen LogP contribution in [-0.4, -0.2) is 10.9 Å². The first-order valence-electron chi connectivity index (χ1n) is 5.81. The summed E-state index contributed by atoms with van der Waals surface area (Å²) in [5.41, 5.74) is 0.770. The summed E-state index contributed by atoms with van der Waals surface area (Å²) in [4.78, 5) is 21.3. The van der Waals surface area contributed by atoms with Gasteiger partial charge in [-0.25, -0.2) is 0 Å². The molecule has 1 aromatic carbocycles. The molecule has 0 aliphatic rings. The Bertz CT molecular complexity index is 400. The molecule has 1 aromatic rings. The van der Waals surface area contributed by atoms with E-state index in [9.17, 15) is 14.9 Å². The second-order valence-corrected chi connectivity index (χ2v) is 3.89. The number of non-ortho nitro benzene ring substituents is 1. The number of hydrogen-bond donors (Lipinski definition) is 0. The van der Waals surface area contributed by atoms with Crippen LogP contribution in [0.25, 0.3) is 0 Å². The van der Waals surface area contributed by atoms with Gasteiger partial charge in [0, 0.05) is 18.6 Å². The molecule has 97 valence electrons. The van der Waals surface area contributed by atoms with Crippen molar-refractivity contribution in [2.24, 2.45) is 0 Å². The minimum atomic E-state index is -0.464. The fourth-order valence-electron chi connectivity index (χ4n) is 1.40. The Morgan fingerprint density at radius 1 is 1.28 bits per heavy atom. The van der Waals surface area contributed by atoms with Gasteiger partial charge in [0.25, 0.3) is 5.69 Å². The summed E-state index contributed by atoms with van der Waals surface area (Å²) in [5, 5.41) is 10.4. The molecule has 5 nitrogen and oxygen atoms in total. The monoisotopic (exact) mass is 250 g/mol. The predicted octanol–water partition coefficient (Wildman–Crippen LogP) is 3.03. The number of esters is 1. The van der Waals surface area contributed by atoms with Crippen LogP contribution in [0.2, 0.25) is 0 Å². The van der Waals surface area contributed by atoms with E-state index in [1.807, 2.05) is 0 Å². The molecule has 1 radical (unpaired) electrons. The lowest BCUT2D eigenvalue weighted by Gasteiger charge is -2.04. The number of unbranched alkanes of at least 4 members (excludes halogenated alkanes) is 2. The molecule has 5 heteroatoms. The quantitative estimate of drug-likeness (QED) is 0.323. The van der Waals surface area contributed by atoms with Crippen LogP contribution in [0.15, 0.2) is 24.3 Å². The third-order valence-electron chi connectivity index (χ3n) is 2.43. The van der Waals surface area contributed by atoms with Gasteiger partial charge in [-0.1, -0.05) is 19.8 Å². The van der Waals surface area contributed by atoms with Gasteiger partial charge in [-0.15, -0.1) is 0 Å². The van der Waals surface area contributed by atoms with Crippen molar-refractivity contribution in [2.75, 3.05) is 0 Å². The van der Waals surface area contributed by atoms with E-state index < -0.39 is 4.92 Å². The Balaban J connectivity index is 2.34. The van der Waals surface area contributed by atoms with E-state index in [0.717, 1.165) is 24.8 Å². The van der Waals surface area contributed by atoms with Gasteiger partial charge in [0.1, 0.15) is 6.61 Å². The number of nitro benzene ring substituents is 1. The molecule has 0 amide bonds. The maximum Gasteiger partial charge on any atom is 0.306 e. The Morgan fingerprint density at radius 2 is 1.94 bits per heavy atom. The summed E-state index contributed by atoms with van der Waals surface area (Å²) in [6, 6.07) is 5.96. The molecule has 0 N–H and O–H groups in total. The molecule has 1 rings (SSSR count). The molecule has 0 aliphatic heterocycles. The van der Waals surface area contributed by atoms with E-state index in [-0.39, 0.29) is 18.3 Å². The number of hydrogen-bond acceptors (Lipinski definition) is 4. The van der Waals surface area contributed by atoms with E-state index >= 15 is 0 Å². The number of carbonyl (C=O) groups excluding carboxylic acids is 1. The minimum Gasteiger partial charge on any atom is -0.461 e. The first-order valence-corrected chi connectivity index (χ1v) is 5.81. The molecule has 0 saturated heterocycles. The highest BCUT2D eigenvalue weighted by atomic mass is 16.6. The third kappa shape index (κ3) is 4.95. The van der Waals surface area contributed by atoms with Crippen molar-refractivity contribution in [3.63, 3.8) is 0 Å². The van der Waals surface area contributed by atoms with Crippen molar-refractivity contribution in [1.82, 2.24) is 0 Å². The molecule has 0 saturated carbocycles. The van der Waals surface area contributed by atoms with Gasteiger partial charge < -0.3 is 4.74 Å². The van der Waals surface area contributed by atoms with Crippen LogP contribution in [0, 0.1) is 17.0 Å². The normalized spacial score (nSPS) is 10.1. The molecular formula is C13H16NO4. The summed E-state index contributed by atoms with van der Waals surface area (Å²) in [5.74, 6) is -0.248. The zero-order valence-corrected chi connectivity index (χ0v) is 10.1. The second-order valence-electron chi connectivity index (χ2n) is 3.89. The second kappa shape index (κ2) is 7.42. The molecule has 0 aromatic heterocycles. The van der Waals surface area contributed by atoms with Gasteiger partial charge in [0.2, 0.25) is 0 Å². The first kappa shape index (κ1) is 14.2. The van der Waals surface area contributed by atoms with Gasteiger partial charge in [-0.2, -0.15) is 0 Å². The van der Waals surface area contributed by atoms with E-state index in [2.05, 4.69) is 6.92 Å². The van der Waals surface area contributed by atoms with Crippen LogP contribution in [0.4, 0.5) is 5.69 Å². The average Bonchev–Trinajstić information content (AvgIpc) is 2.37. The van der Waals surface area contributed by atoms with E-state index in [1.165, 1.54) is 12.1 Å². The SMILES string of the molecule is [CH2]CCCCC(=O)OCc1ccc([N+](=O)[O-])cc1. The largest absolute Gasteiger partial charge is 0.461 e. The molecule has 0 aliphatic carbocycles. The number of ether oxygens (including phenoxy) is 1. The third-order valence-corrected chi connectivity index (χ3v) is 2.43. The Hall–Kier alpha value is -1.91. The van der Waals surface area contributed by atoms with Crippen LogP contribution in [0.1, 0.15) is 31.2 Å². The smallest absolute Gasteiger partial charge is 0.306 e. The van der Waals surface area contributed by atoms with Crippen molar-refractivity contribution in [1.29, 1.82) is 0 Å². The zero-order valence-electron chi connectivity index (χ0n) is 10.1.